The van der Waals surface area contributed by atoms with Crippen molar-refractivity contribution in [2.24, 2.45) is 0 Å². The Labute approximate surface area is 127 Å². The van der Waals surface area contributed by atoms with Gasteiger partial charge in [-0.05, 0) is 17.7 Å². The average molecular weight is 290 g/mol. The van der Waals surface area contributed by atoms with Crippen molar-refractivity contribution in [3.05, 3.63) is 78.4 Å². The van der Waals surface area contributed by atoms with Crippen LogP contribution in [-0.2, 0) is 6.61 Å². The molecule has 0 fully saturated rings. The van der Waals surface area contributed by atoms with E-state index in [0.29, 0.717) is 6.61 Å². The van der Waals surface area contributed by atoms with Crippen molar-refractivity contribution in [3.63, 3.8) is 0 Å². The summed E-state index contributed by atoms with van der Waals surface area (Å²) < 4.78 is 8.59. The highest BCUT2D eigenvalue weighted by atomic mass is 32.1. The largest absolute Gasteiger partial charge is 0.487 e. The van der Waals surface area contributed by atoms with Gasteiger partial charge in [0.05, 0.1) is 4.70 Å². The Morgan fingerprint density at radius 1 is 0.714 bits per heavy atom. The lowest BCUT2D eigenvalue weighted by molar-refractivity contribution is 0.310. The van der Waals surface area contributed by atoms with Crippen LogP contribution in [-0.4, -0.2) is 0 Å². The van der Waals surface area contributed by atoms with Gasteiger partial charge in [-0.3, -0.25) is 0 Å². The lowest BCUT2D eigenvalue weighted by Crippen LogP contribution is -1.94. The summed E-state index contributed by atoms with van der Waals surface area (Å²) in [4.78, 5) is 0. The van der Waals surface area contributed by atoms with Crippen LogP contribution in [0.3, 0.4) is 0 Å². The van der Waals surface area contributed by atoms with E-state index in [1.54, 1.807) is 11.3 Å². The second-order valence-corrected chi connectivity index (χ2v) is 6.06. The van der Waals surface area contributed by atoms with Gasteiger partial charge in [-0.25, -0.2) is 0 Å². The topological polar surface area (TPSA) is 9.23 Å². The number of hydrogen-bond acceptors (Lipinski definition) is 2. The smallest absolute Gasteiger partial charge is 0.137 e. The molecular weight excluding hydrogens is 276 g/mol. The summed E-state index contributed by atoms with van der Waals surface area (Å²) in [6.45, 7) is 0.605. The molecule has 0 amide bonds. The molecule has 0 aliphatic rings. The van der Waals surface area contributed by atoms with Gasteiger partial charge in [0, 0.05) is 15.5 Å². The predicted molar refractivity (Wildman–Crippen MR) is 90.1 cm³/mol. The van der Waals surface area contributed by atoms with E-state index in [1.807, 2.05) is 18.2 Å². The Morgan fingerprint density at radius 3 is 2.38 bits per heavy atom. The predicted octanol–water partition coefficient (Wildman–Crippen LogP) is 5.63. The number of rotatable bonds is 3. The van der Waals surface area contributed by atoms with Crippen LogP contribution >= 0.6 is 11.3 Å². The zero-order chi connectivity index (χ0) is 14.1. The first-order valence-electron chi connectivity index (χ1n) is 6.99. The summed E-state index contributed by atoms with van der Waals surface area (Å²) in [5.41, 5.74) is 1.19. The molecule has 0 saturated carbocycles. The first kappa shape index (κ1) is 12.4. The molecule has 4 rings (SSSR count). The fourth-order valence-corrected chi connectivity index (χ4v) is 3.74. The Bertz CT molecular complexity index is 893. The van der Waals surface area contributed by atoms with Gasteiger partial charge < -0.3 is 4.74 Å². The first-order chi connectivity index (χ1) is 10.4. The van der Waals surface area contributed by atoms with Gasteiger partial charge in [0.2, 0.25) is 0 Å². The Kier molecular flexibility index (Phi) is 3.09. The molecule has 1 nitrogen and oxygen atoms in total. The monoisotopic (exact) mass is 290 g/mol. The Morgan fingerprint density at radius 2 is 1.48 bits per heavy atom. The van der Waals surface area contributed by atoms with Gasteiger partial charge in [-0.15, -0.1) is 11.3 Å². The van der Waals surface area contributed by atoms with Crippen LogP contribution in [0.25, 0.3) is 20.2 Å². The van der Waals surface area contributed by atoms with Crippen molar-refractivity contribution in [1.82, 2.24) is 0 Å². The molecule has 0 N–H and O–H groups in total. The van der Waals surface area contributed by atoms with Crippen molar-refractivity contribution in [3.8, 4) is 5.75 Å². The SMILES string of the molecule is c1ccc(COc2cccc3c2sc2ccccc23)cc1. The normalized spacial score (nSPS) is 11.0. The molecule has 0 aliphatic heterocycles. The Balaban J connectivity index is 1.75. The maximum atomic E-state index is 6.05. The molecule has 1 heterocycles. The molecule has 0 atom stereocenters. The molecular formula is C19H14OS. The van der Waals surface area contributed by atoms with Crippen LogP contribution in [0, 0.1) is 0 Å². The van der Waals surface area contributed by atoms with E-state index in [2.05, 4.69) is 54.6 Å². The molecule has 3 aromatic carbocycles. The summed E-state index contributed by atoms with van der Waals surface area (Å²) in [6.07, 6.45) is 0. The molecule has 0 bridgehead atoms. The lowest BCUT2D eigenvalue weighted by Gasteiger charge is -2.07. The molecule has 1 aromatic heterocycles. The molecule has 4 aromatic rings. The number of fused-ring (bicyclic) bond motifs is 3. The fraction of sp³-hybridized carbons (Fsp3) is 0.0526. The third-order valence-corrected chi connectivity index (χ3v) is 4.81. The average Bonchev–Trinajstić information content (AvgIpc) is 2.93. The van der Waals surface area contributed by atoms with E-state index >= 15 is 0 Å². The zero-order valence-electron chi connectivity index (χ0n) is 11.5. The minimum absolute atomic E-state index is 0.605. The number of hydrogen-bond donors (Lipinski definition) is 0. The number of ether oxygens (including phenoxy) is 1. The first-order valence-corrected chi connectivity index (χ1v) is 7.80. The van der Waals surface area contributed by atoms with E-state index in [9.17, 15) is 0 Å². The van der Waals surface area contributed by atoms with Crippen molar-refractivity contribution < 1.29 is 4.74 Å². The molecule has 0 spiro atoms. The second kappa shape index (κ2) is 5.23. The Hall–Kier alpha value is -2.32. The fourth-order valence-electron chi connectivity index (χ4n) is 2.57. The minimum atomic E-state index is 0.605. The van der Waals surface area contributed by atoms with Crippen molar-refractivity contribution in [2.45, 2.75) is 6.61 Å². The van der Waals surface area contributed by atoms with Crippen molar-refractivity contribution in [2.75, 3.05) is 0 Å². The van der Waals surface area contributed by atoms with Gasteiger partial charge in [0.1, 0.15) is 12.4 Å². The second-order valence-electron chi connectivity index (χ2n) is 5.01. The third-order valence-electron chi connectivity index (χ3n) is 3.61. The highest BCUT2D eigenvalue weighted by molar-refractivity contribution is 7.26. The quantitative estimate of drug-likeness (QED) is 0.475. The highest BCUT2D eigenvalue weighted by Gasteiger charge is 2.09. The lowest BCUT2D eigenvalue weighted by atomic mass is 10.1. The van der Waals surface area contributed by atoms with Crippen LogP contribution in [0.1, 0.15) is 5.56 Å². The number of benzene rings is 3. The summed E-state index contributed by atoms with van der Waals surface area (Å²) in [7, 11) is 0. The maximum absolute atomic E-state index is 6.05. The third kappa shape index (κ3) is 2.28. The molecule has 2 heteroatoms. The van der Waals surface area contributed by atoms with Gasteiger partial charge in [0.25, 0.3) is 0 Å². The van der Waals surface area contributed by atoms with Crippen LogP contribution in [0.15, 0.2) is 72.8 Å². The summed E-state index contributed by atoms with van der Waals surface area (Å²) >= 11 is 1.80. The summed E-state index contributed by atoms with van der Waals surface area (Å²) in [5.74, 6) is 0.970. The van der Waals surface area contributed by atoms with Crippen LogP contribution in [0.5, 0.6) is 5.75 Å². The molecule has 102 valence electrons. The molecule has 0 saturated heterocycles. The zero-order valence-corrected chi connectivity index (χ0v) is 12.3. The summed E-state index contributed by atoms with van der Waals surface area (Å²) in [6, 6.07) is 25.1. The van der Waals surface area contributed by atoms with E-state index in [0.717, 1.165) is 5.75 Å². The minimum Gasteiger partial charge on any atom is -0.487 e. The van der Waals surface area contributed by atoms with Crippen molar-refractivity contribution in [1.29, 1.82) is 0 Å². The van der Waals surface area contributed by atoms with Gasteiger partial charge in [-0.2, -0.15) is 0 Å². The standard InChI is InChI=1S/C19H14OS/c1-2-7-14(8-3-1)13-20-17-11-6-10-16-15-9-4-5-12-18(15)21-19(16)17/h1-12H,13H2. The van der Waals surface area contributed by atoms with E-state index in [-0.39, 0.29) is 0 Å². The van der Waals surface area contributed by atoms with Crippen LogP contribution in [0.2, 0.25) is 0 Å². The molecule has 0 aliphatic carbocycles. The molecule has 0 radical (unpaired) electrons. The van der Waals surface area contributed by atoms with E-state index in [4.69, 9.17) is 4.74 Å². The van der Waals surface area contributed by atoms with Gasteiger partial charge in [-0.1, -0.05) is 60.7 Å². The highest BCUT2D eigenvalue weighted by Crippen LogP contribution is 2.39. The van der Waals surface area contributed by atoms with Crippen LogP contribution in [0.4, 0.5) is 0 Å². The number of thiophene rings is 1. The summed E-state index contributed by atoms with van der Waals surface area (Å²) in [5, 5.41) is 2.59. The van der Waals surface area contributed by atoms with Gasteiger partial charge >= 0.3 is 0 Å². The maximum Gasteiger partial charge on any atom is 0.137 e. The van der Waals surface area contributed by atoms with E-state index < -0.39 is 0 Å². The van der Waals surface area contributed by atoms with Crippen molar-refractivity contribution >= 4 is 31.5 Å². The molecule has 0 unspecified atom stereocenters. The molecule has 21 heavy (non-hydrogen) atoms. The van der Waals surface area contributed by atoms with Crippen LogP contribution < -0.4 is 4.74 Å². The van der Waals surface area contributed by atoms with E-state index in [1.165, 1.54) is 25.7 Å². The van der Waals surface area contributed by atoms with Gasteiger partial charge in [0.15, 0.2) is 0 Å².